The molecule has 1 aromatic heterocycles. The molecule has 1 unspecified atom stereocenters. The third-order valence-corrected chi connectivity index (χ3v) is 11.2. The molecule has 4 aliphatic rings. The number of aromatic nitrogens is 2. The first-order chi connectivity index (χ1) is 25.1. The molecule has 9 nitrogen and oxygen atoms in total. The van der Waals surface area contributed by atoms with E-state index in [1.807, 2.05) is 12.1 Å². The third kappa shape index (κ3) is 7.05. The Morgan fingerprint density at radius 1 is 0.922 bits per heavy atom. The van der Waals surface area contributed by atoms with E-state index in [4.69, 9.17) is 24.2 Å². The zero-order valence-electron chi connectivity index (χ0n) is 29.7. The highest BCUT2D eigenvalue weighted by atomic mass is 16.5. The van der Waals surface area contributed by atoms with Gasteiger partial charge in [-0.2, -0.15) is 15.2 Å². The fourth-order valence-electron chi connectivity index (χ4n) is 8.55. The Balaban J connectivity index is 1.18. The second kappa shape index (κ2) is 15.0. The van der Waals surface area contributed by atoms with Gasteiger partial charge in [-0.05, 0) is 74.9 Å². The molecular weight excluding hydrogens is 637 g/mol. The van der Waals surface area contributed by atoms with Crippen molar-refractivity contribution in [2.75, 3.05) is 56.3 Å². The van der Waals surface area contributed by atoms with Crippen molar-refractivity contribution >= 4 is 11.5 Å². The summed E-state index contributed by atoms with van der Waals surface area (Å²) >= 11 is 0. The van der Waals surface area contributed by atoms with Crippen LogP contribution in [0.15, 0.2) is 72.8 Å². The molecule has 0 radical (unpaired) electrons. The summed E-state index contributed by atoms with van der Waals surface area (Å²) in [5.41, 5.74) is 7.62. The molecule has 1 aliphatic carbocycles. The number of nitriles is 1. The quantitative estimate of drug-likeness (QED) is 0.195. The number of rotatable bonds is 9. The van der Waals surface area contributed by atoms with Gasteiger partial charge < -0.3 is 28.9 Å². The minimum Gasteiger partial charge on any atom is -0.462 e. The van der Waals surface area contributed by atoms with Crippen molar-refractivity contribution in [1.29, 1.82) is 5.26 Å². The first kappa shape index (κ1) is 33.6. The molecule has 2 atom stereocenters. The maximum Gasteiger partial charge on any atom is 0.318 e. The summed E-state index contributed by atoms with van der Waals surface area (Å²) in [6.07, 6.45) is 6.56. The molecule has 0 saturated carbocycles. The van der Waals surface area contributed by atoms with Crippen LogP contribution >= 0.6 is 0 Å². The number of benzene rings is 3. The molecule has 3 aliphatic heterocycles. The largest absolute Gasteiger partial charge is 0.462 e. The van der Waals surface area contributed by atoms with E-state index < -0.39 is 5.60 Å². The number of anilines is 2. The fourth-order valence-corrected chi connectivity index (χ4v) is 8.55. The van der Waals surface area contributed by atoms with Crippen molar-refractivity contribution in [3.8, 4) is 12.1 Å². The van der Waals surface area contributed by atoms with E-state index in [0.717, 1.165) is 86.7 Å². The summed E-state index contributed by atoms with van der Waals surface area (Å²) in [6.45, 7) is 6.47. The molecule has 2 saturated heterocycles. The number of likely N-dealkylation sites (N-methyl/N-ethyl adjacent to an activating group) is 1. The van der Waals surface area contributed by atoms with E-state index in [9.17, 15) is 5.26 Å². The molecule has 51 heavy (non-hydrogen) atoms. The fraction of sp³-hybridized carbons (Fsp3) is 0.452. The summed E-state index contributed by atoms with van der Waals surface area (Å²) in [7, 11) is 2.17. The summed E-state index contributed by atoms with van der Waals surface area (Å²) in [5.74, 6) is 0.900. The molecule has 0 bridgehead atoms. The molecule has 2 fully saturated rings. The van der Waals surface area contributed by atoms with Gasteiger partial charge in [0.05, 0.1) is 30.2 Å². The number of hydrogen-bond acceptors (Lipinski definition) is 9. The SMILES string of the molecule is CN1CCC[C@H]1COc1nc2c(c(N3CCCOCC3)n1)COC1(CCCc3ccc(N(Cc4ccccc4)Cc4ccccc4)c(C#N)c31)C2. The number of fused-ring (bicyclic) bond motifs is 3. The van der Waals surface area contributed by atoms with Crippen LogP contribution < -0.4 is 14.5 Å². The second-order valence-corrected chi connectivity index (χ2v) is 14.5. The van der Waals surface area contributed by atoms with Crippen LogP contribution in [0.5, 0.6) is 6.01 Å². The molecule has 3 aromatic carbocycles. The van der Waals surface area contributed by atoms with Crippen LogP contribution in [0.2, 0.25) is 0 Å². The van der Waals surface area contributed by atoms with Crippen LogP contribution in [0.25, 0.3) is 0 Å². The number of ether oxygens (including phenoxy) is 3. The highest BCUT2D eigenvalue weighted by molar-refractivity contribution is 5.67. The van der Waals surface area contributed by atoms with Gasteiger partial charge in [-0.3, -0.25) is 0 Å². The number of aryl methyl sites for hydroxylation is 1. The Kier molecular flexibility index (Phi) is 9.90. The van der Waals surface area contributed by atoms with E-state index >= 15 is 0 Å². The van der Waals surface area contributed by atoms with Crippen molar-refractivity contribution in [2.24, 2.45) is 0 Å². The summed E-state index contributed by atoms with van der Waals surface area (Å²) in [4.78, 5) is 17.2. The van der Waals surface area contributed by atoms with Crippen molar-refractivity contribution in [3.63, 3.8) is 0 Å². The van der Waals surface area contributed by atoms with E-state index in [-0.39, 0.29) is 0 Å². The Morgan fingerprint density at radius 2 is 1.71 bits per heavy atom. The Bertz CT molecular complexity index is 1810. The van der Waals surface area contributed by atoms with Crippen LogP contribution in [0.4, 0.5) is 11.5 Å². The highest BCUT2D eigenvalue weighted by Crippen LogP contribution is 2.49. The van der Waals surface area contributed by atoms with E-state index in [1.54, 1.807) is 0 Å². The monoisotopic (exact) mass is 684 g/mol. The zero-order chi connectivity index (χ0) is 34.6. The normalized spacial score (nSPS) is 21.8. The van der Waals surface area contributed by atoms with Crippen molar-refractivity contribution in [1.82, 2.24) is 14.9 Å². The van der Waals surface area contributed by atoms with Crippen LogP contribution in [-0.4, -0.2) is 67.4 Å². The molecule has 0 N–H and O–H groups in total. The van der Waals surface area contributed by atoms with Gasteiger partial charge in [0.25, 0.3) is 0 Å². The summed E-state index contributed by atoms with van der Waals surface area (Å²) in [5, 5.41) is 11.0. The second-order valence-electron chi connectivity index (χ2n) is 14.5. The molecule has 4 heterocycles. The van der Waals surface area contributed by atoms with Crippen LogP contribution in [-0.2, 0) is 47.6 Å². The summed E-state index contributed by atoms with van der Waals surface area (Å²) < 4.78 is 19.3. The van der Waals surface area contributed by atoms with E-state index in [1.165, 1.54) is 23.1 Å². The number of hydrogen-bond donors (Lipinski definition) is 0. The lowest BCUT2D eigenvalue weighted by Crippen LogP contribution is -2.42. The van der Waals surface area contributed by atoms with Crippen molar-refractivity contribution in [3.05, 3.63) is 112 Å². The third-order valence-electron chi connectivity index (χ3n) is 11.2. The minimum atomic E-state index is -0.663. The highest BCUT2D eigenvalue weighted by Gasteiger charge is 2.45. The molecule has 9 heteroatoms. The van der Waals surface area contributed by atoms with Crippen LogP contribution in [0, 0.1) is 11.3 Å². The maximum absolute atomic E-state index is 11.0. The number of nitrogens with zero attached hydrogens (tertiary/aromatic N) is 6. The predicted octanol–water partition coefficient (Wildman–Crippen LogP) is 6.56. The van der Waals surface area contributed by atoms with Gasteiger partial charge in [0.2, 0.25) is 0 Å². The number of likely N-dealkylation sites (tertiary alicyclic amines) is 1. The molecule has 1 spiro atoms. The van der Waals surface area contributed by atoms with Gasteiger partial charge in [0, 0.05) is 56.4 Å². The molecule has 0 amide bonds. The molecule has 264 valence electrons. The predicted molar refractivity (Wildman–Crippen MR) is 198 cm³/mol. The first-order valence-electron chi connectivity index (χ1n) is 18.7. The molecule has 8 rings (SSSR count). The lowest BCUT2D eigenvalue weighted by atomic mass is 9.72. The van der Waals surface area contributed by atoms with Gasteiger partial charge in [0.1, 0.15) is 24.1 Å². The van der Waals surface area contributed by atoms with Gasteiger partial charge in [-0.15, -0.1) is 0 Å². The Hall–Kier alpha value is -4.49. The van der Waals surface area contributed by atoms with Gasteiger partial charge in [0.15, 0.2) is 0 Å². The molecular formula is C42H48N6O3. The zero-order valence-corrected chi connectivity index (χ0v) is 29.7. The van der Waals surface area contributed by atoms with E-state index in [2.05, 4.69) is 88.5 Å². The average Bonchev–Trinajstić information content (AvgIpc) is 3.39. The van der Waals surface area contributed by atoms with E-state index in [0.29, 0.717) is 56.9 Å². The van der Waals surface area contributed by atoms with Crippen LogP contribution in [0.1, 0.15) is 71.2 Å². The first-order valence-corrected chi connectivity index (χ1v) is 18.7. The van der Waals surface area contributed by atoms with Crippen LogP contribution in [0.3, 0.4) is 0 Å². The van der Waals surface area contributed by atoms with Crippen molar-refractivity contribution in [2.45, 2.75) is 76.3 Å². The van der Waals surface area contributed by atoms with Crippen molar-refractivity contribution < 1.29 is 14.2 Å². The minimum absolute atomic E-state index is 0.367. The maximum atomic E-state index is 11.0. The lowest BCUT2D eigenvalue weighted by molar-refractivity contribution is -0.0857. The Morgan fingerprint density at radius 3 is 2.43 bits per heavy atom. The standard InChI is InChI=1S/C42H48N6O3/c1-46-20-9-16-34(46)29-50-41-44-37-25-42(51-30-36(37)40(45-41)47-21-10-23-49-24-22-47)19-8-15-33-17-18-38(35(26-43)39(33)42)48(27-31-11-4-2-5-12-31)28-32-13-6-3-7-14-32/h2-7,11-14,17-18,34H,8-10,15-16,19-25,27-30H2,1H3/t34-,42?/m0/s1. The average molecular weight is 685 g/mol. The summed E-state index contributed by atoms with van der Waals surface area (Å²) in [6, 6.07) is 28.9. The van der Waals surface area contributed by atoms with Gasteiger partial charge in [-0.1, -0.05) is 66.7 Å². The van der Waals surface area contributed by atoms with Gasteiger partial charge in [-0.25, -0.2) is 0 Å². The van der Waals surface area contributed by atoms with Gasteiger partial charge >= 0.3 is 6.01 Å². The lowest BCUT2D eigenvalue weighted by Gasteiger charge is -2.44. The smallest absolute Gasteiger partial charge is 0.318 e. The Labute approximate surface area is 301 Å². The molecule has 4 aromatic rings. The topological polar surface area (TPSA) is 87.0 Å².